The third-order valence-corrected chi connectivity index (χ3v) is 5.15. The molecule has 1 aromatic carbocycles. The van der Waals surface area contributed by atoms with E-state index < -0.39 is 11.9 Å². The number of allylic oxidation sites excluding steroid dienone is 1. The van der Waals surface area contributed by atoms with E-state index in [1.165, 1.54) is 4.90 Å². The third-order valence-electron chi connectivity index (χ3n) is 4.31. The Morgan fingerprint density at radius 1 is 1.43 bits per heavy atom. The minimum Gasteiger partial charge on any atom is -0.360 e. The average Bonchev–Trinajstić information content (AvgIpc) is 3.05. The average molecular weight is 421 g/mol. The summed E-state index contributed by atoms with van der Waals surface area (Å²) in [4.78, 5) is 27.1. The summed E-state index contributed by atoms with van der Waals surface area (Å²) in [6.45, 7) is 7.31. The molecule has 0 bridgehead atoms. The number of amides is 3. The van der Waals surface area contributed by atoms with Gasteiger partial charge in [0.1, 0.15) is 5.76 Å². The number of benzene rings is 1. The van der Waals surface area contributed by atoms with Crippen molar-refractivity contribution in [1.29, 1.82) is 0 Å². The zero-order chi connectivity index (χ0) is 20.4. The van der Waals surface area contributed by atoms with Crippen molar-refractivity contribution in [3.05, 3.63) is 69.6 Å². The van der Waals surface area contributed by atoms with Crippen LogP contribution in [0.2, 0.25) is 10.0 Å². The molecule has 28 heavy (non-hydrogen) atoms. The number of hydrogen-bond acceptors (Lipinski definition) is 4. The van der Waals surface area contributed by atoms with E-state index in [1.807, 2.05) is 0 Å². The lowest BCUT2D eigenvalue weighted by Crippen LogP contribution is -2.48. The van der Waals surface area contributed by atoms with E-state index in [4.69, 9.17) is 27.7 Å². The quantitative estimate of drug-likeness (QED) is 0.699. The van der Waals surface area contributed by atoms with Crippen LogP contribution in [-0.4, -0.2) is 28.5 Å². The van der Waals surface area contributed by atoms with Crippen molar-refractivity contribution in [1.82, 2.24) is 15.4 Å². The number of rotatable bonds is 5. The summed E-state index contributed by atoms with van der Waals surface area (Å²) in [5.41, 5.74) is 1.30. The maximum Gasteiger partial charge on any atom is 0.322 e. The highest BCUT2D eigenvalue weighted by Gasteiger charge is 2.36. The minimum atomic E-state index is -0.784. The summed E-state index contributed by atoms with van der Waals surface area (Å²) in [5.74, 6) is 0.382. The van der Waals surface area contributed by atoms with Crippen LogP contribution in [-0.2, 0) is 4.79 Å². The molecule has 146 valence electrons. The van der Waals surface area contributed by atoms with Gasteiger partial charge in [0.2, 0.25) is 0 Å². The lowest BCUT2D eigenvalue weighted by atomic mass is 9.94. The Labute approximate surface area is 172 Å². The first kappa shape index (κ1) is 20.0. The molecule has 2 heterocycles. The molecule has 0 unspecified atom stereocenters. The molecule has 0 aliphatic carbocycles. The van der Waals surface area contributed by atoms with Crippen LogP contribution in [0, 0.1) is 6.92 Å². The number of urea groups is 1. The normalized spacial score (nSPS) is 16.8. The van der Waals surface area contributed by atoms with E-state index in [0.717, 1.165) is 0 Å². The van der Waals surface area contributed by atoms with Gasteiger partial charge in [-0.2, -0.15) is 0 Å². The van der Waals surface area contributed by atoms with Crippen molar-refractivity contribution in [2.24, 2.45) is 0 Å². The molecule has 1 aromatic heterocycles. The van der Waals surface area contributed by atoms with Crippen LogP contribution in [0.1, 0.15) is 24.3 Å². The number of anilines is 1. The van der Waals surface area contributed by atoms with Crippen molar-refractivity contribution in [2.75, 3.05) is 11.9 Å². The molecule has 1 aliphatic rings. The molecule has 2 N–H and O–H groups in total. The fraction of sp³-hybridized carbons (Fsp3) is 0.211. The van der Waals surface area contributed by atoms with Crippen LogP contribution in [0.4, 0.5) is 10.6 Å². The second kappa shape index (κ2) is 8.08. The van der Waals surface area contributed by atoms with Gasteiger partial charge in [-0.1, -0.05) is 46.6 Å². The summed E-state index contributed by atoms with van der Waals surface area (Å²) in [6, 6.07) is 5.50. The van der Waals surface area contributed by atoms with E-state index >= 15 is 0 Å². The number of hydrogen-bond donors (Lipinski definition) is 2. The van der Waals surface area contributed by atoms with Gasteiger partial charge >= 0.3 is 6.03 Å². The topological polar surface area (TPSA) is 87.5 Å². The first-order valence-corrected chi connectivity index (χ1v) is 9.17. The van der Waals surface area contributed by atoms with E-state index in [0.29, 0.717) is 27.6 Å². The van der Waals surface area contributed by atoms with Gasteiger partial charge in [-0.25, -0.2) is 4.79 Å². The predicted molar refractivity (Wildman–Crippen MR) is 107 cm³/mol. The maximum absolute atomic E-state index is 13.1. The zero-order valence-corrected chi connectivity index (χ0v) is 16.8. The second-order valence-electron chi connectivity index (χ2n) is 6.20. The number of halogens is 2. The van der Waals surface area contributed by atoms with Gasteiger partial charge < -0.3 is 15.2 Å². The maximum atomic E-state index is 13.1. The summed E-state index contributed by atoms with van der Waals surface area (Å²) in [5, 5.41) is 9.89. The number of aryl methyl sites for hydroxylation is 1. The molecule has 1 aliphatic heterocycles. The van der Waals surface area contributed by atoms with E-state index in [-0.39, 0.29) is 23.4 Å². The molecule has 1 atom stereocenters. The standard InChI is InChI=1S/C19H18Cl2N4O3/c1-4-8-25-11(3)15(18(26)22-14-9-10(2)28-24-14)17(23-19(25)27)12-6-5-7-13(20)16(12)21/h4-7,9,17H,1,8H2,2-3H3,(H,23,27)(H,22,24,26)/t17-/m1/s1. The van der Waals surface area contributed by atoms with Gasteiger partial charge in [0.25, 0.3) is 5.91 Å². The van der Waals surface area contributed by atoms with E-state index in [2.05, 4.69) is 22.4 Å². The molecule has 7 nitrogen and oxygen atoms in total. The molecule has 0 saturated carbocycles. The number of aromatic nitrogens is 1. The van der Waals surface area contributed by atoms with Gasteiger partial charge in [-0.3, -0.25) is 9.69 Å². The Bertz CT molecular complexity index is 983. The van der Waals surface area contributed by atoms with Gasteiger partial charge in [-0.15, -0.1) is 6.58 Å². The Morgan fingerprint density at radius 2 is 2.18 bits per heavy atom. The molecule has 3 rings (SSSR count). The van der Waals surface area contributed by atoms with Crippen LogP contribution in [0.5, 0.6) is 0 Å². The lowest BCUT2D eigenvalue weighted by Gasteiger charge is -2.35. The second-order valence-corrected chi connectivity index (χ2v) is 6.99. The van der Waals surface area contributed by atoms with Crippen LogP contribution in [0.15, 0.2) is 52.7 Å². The highest BCUT2D eigenvalue weighted by Crippen LogP contribution is 2.37. The van der Waals surface area contributed by atoms with Crippen LogP contribution < -0.4 is 10.6 Å². The summed E-state index contributed by atoms with van der Waals surface area (Å²) < 4.78 is 4.99. The molecule has 9 heteroatoms. The Morgan fingerprint density at radius 3 is 2.82 bits per heavy atom. The molecular weight excluding hydrogens is 403 g/mol. The fourth-order valence-corrected chi connectivity index (χ4v) is 3.43. The molecular formula is C19H18Cl2N4O3. The summed E-state index contributed by atoms with van der Waals surface area (Å²) >= 11 is 12.5. The number of nitrogens with one attached hydrogen (secondary N) is 2. The highest BCUT2D eigenvalue weighted by atomic mass is 35.5. The van der Waals surface area contributed by atoms with Crippen molar-refractivity contribution in [3.63, 3.8) is 0 Å². The molecule has 0 fully saturated rings. The fourth-order valence-electron chi connectivity index (χ4n) is 3.01. The molecule has 0 saturated heterocycles. The van der Waals surface area contributed by atoms with E-state index in [9.17, 15) is 9.59 Å². The number of carbonyl (C=O) groups is 2. The lowest BCUT2D eigenvalue weighted by molar-refractivity contribution is -0.113. The molecule has 3 amide bonds. The predicted octanol–water partition coefficient (Wildman–Crippen LogP) is 4.45. The van der Waals surface area contributed by atoms with Gasteiger partial charge in [0, 0.05) is 18.3 Å². The summed E-state index contributed by atoms with van der Waals surface area (Å²) in [7, 11) is 0. The number of nitrogens with zero attached hydrogens (tertiary/aromatic N) is 2. The first-order chi connectivity index (χ1) is 13.3. The van der Waals surface area contributed by atoms with Gasteiger partial charge in [-0.05, 0) is 25.5 Å². The van der Waals surface area contributed by atoms with E-state index in [1.54, 1.807) is 44.2 Å². The van der Waals surface area contributed by atoms with Crippen molar-refractivity contribution in [3.8, 4) is 0 Å². The van der Waals surface area contributed by atoms with Gasteiger partial charge in [0.15, 0.2) is 5.82 Å². The van der Waals surface area contributed by atoms with Crippen LogP contribution in [0.25, 0.3) is 0 Å². The minimum absolute atomic E-state index is 0.244. The monoisotopic (exact) mass is 420 g/mol. The molecule has 2 aromatic rings. The Hall–Kier alpha value is -2.77. The Kier molecular flexibility index (Phi) is 5.76. The SMILES string of the molecule is C=CCN1C(=O)N[C@H](c2cccc(Cl)c2Cl)C(C(=O)Nc2cc(C)on2)=C1C. The number of carbonyl (C=O) groups excluding carboxylic acids is 2. The summed E-state index contributed by atoms with van der Waals surface area (Å²) in [6.07, 6.45) is 1.58. The zero-order valence-electron chi connectivity index (χ0n) is 15.3. The first-order valence-electron chi connectivity index (χ1n) is 8.41. The largest absolute Gasteiger partial charge is 0.360 e. The van der Waals surface area contributed by atoms with Crippen molar-refractivity contribution < 1.29 is 14.1 Å². The smallest absolute Gasteiger partial charge is 0.322 e. The van der Waals surface area contributed by atoms with Crippen molar-refractivity contribution >= 4 is 41.0 Å². The highest BCUT2D eigenvalue weighted by molar-refractivity contribution is 6.42. The molecule has 0 spiro atoms. The Balaban J connectivity index is 2.08. The molecule has 0 radical (unpaired) electrons. The van der Waals surface area contributed by atoms with Crippen LogP contribution in [0.3, 0.4) is 0 Å². The van der Waals surface area contributed by atoms with Gasteiger partial charge in [0.05, 0.1) is 21.7 Å². The third kappa shape index (κ3) is 3.76. The van der Waals surface area contributed by atoms with Crippen molar-refractivity contribution in [2.45, 2.75) is 19.9 Å². The van der Waals surface area contributed by atoms with Crippen LogP contribution >= 0.6 is 23.2 Å².